The number of nitrogens with one attached hydrogen (secondary N) is 2. The van der Waals surface area contributed by atoms with Crippen molar-refractivity contribution < 1.29 is 9.53 Å². The monoisotopic (exact) mass is 439 g/mol. The number of nitrogens with zero attached hydrogens (tertiary/aromatic N) is 3. The highest BCUT2D eigenvalue weighted by molar-refractivity contribution is 7.07. The minimum Gasteiger partial charge on any atom is -0.492 e. The third-order valence-electron chi connectivity index (χ3n) is 4.14. The molecular formula is C22H25N5O3S. The van der Waals surface area contributed by atoms with Crippen LogP contribution in [0.15, 0.2) is 29.1 Å². The molecule has 0 saturated heterocycles. The molecule has 0 aliphatic rings. The third kappa shape index (κ3) is 6.48. The Bertz CT molecular complexity index is 1180. The topological polar surface area (TPSA) is 99.4 Å². The number of amides is 1. The van der Waals surface area contributed by atoms with Crippen molar-refractivity contribution in [3.8, 4) is 24.2 Å². The van der Waals surface area contributed by atoms with Crippen LogP contribution in [-0.2, 0) is 11.3 Å². The number of likely N-dealkylation sites (N-methyl/N-ethyl adjacent to an activating group) is 1. The van der Waals surface area contributed by atoms with Gasteiger partial charge in [-0.25, -0.2) is 0 Å². The number of carbonyl (C=O) groups is 1. The summed E-state index contributed by atoms with van der Waals surface area (Å²) in [6.07, 6.45) is 6.72. The molecule has 0 saturated carbocycles. The molecule has 2 rings (SSSR count). The molecule has 1 aromatic carbocycles. The van der Waals surface area contributed by atoms with Crippen molar-refractivity contribution >= 4 is 34.7 Å². The molecule has 0 spiro atoms. The molecule has 0 aliphatic carbocycles. The summed E-state index contributed by atoms with van der Waals surface area (Å²) in [4.78, 5) is 27.0. The van der Waals surface area contributed by atoms with Crippen LogP contribution < -0.4 is 30.1 Å². The van der Waals surface area contributed by atoms with Crippen LogP contribution in [-0.4, -0.2) is 49.2 Å². The highest BCUT2D eigenvalue weighted by Crippen LogP contribution is 2.17. The van der Waals surface area contributed by atoms with E-state index in [9.17, 15) is 14.9 Å². The SMILES string of the molecule is C#CCNC(=O)C(C#N)=c1sc(=CNc2cccc(OCCN(C)C)c2)c(=O)n1CC. The molecule has 1 aromatic heterocycles. The van der Waals surface area contributed by atoms with Gasteiger partial charge < -0.3 is 20.3 Å². The van der Waals surface area contributed by atoms with Crippen LogP contribution in [0.4, 0.5) is 5.69 Å². The predicted molar refractivity (Wildman–Crippen MR) is 123 cm³/mol. The fraction of sp³-hybridized carbons (Fsp3) is 0.318. The Morgan fingerprint density at radius 3 is 2.84 bits per heavy atom. The lowest BCUT2D eigenvalue weighted by atomic mass is 10.3. The van der Waals surface area contributed by atoms with Crippen molar-refractivity contribution in [1.29, 1.82) is 5.26 Å². The number of ether oxygens (including phenoxy) is 1. The highest BCUT2D eigenvalue weighted by atomic mass is 32.1. The summed E-state index contributed by atoms with van der Waals surface area (Å²) < 4.78 is 7.78. The fourth-order valence-corrected chi connectivity index (χ4v) is 3.66. The Morgan fingerprint density at radius 1 is 1.42 bits per heavy atom. The zero-order chi connectivity index (χ0) is 22.8. The summed E-state index contributed by atoms with van der Waals surface area (Å²) in [5.41, 5.74) is 0.317. The van der Waals surface area contributed by atoms with E-state index in [2.05, 4.69) is 16.6 Å². The van der Waals surface area contributed by atoms with E-state index in [1.165, 1.54) is 4.57 Å². The van der Waals surface area contributed by atoms with Crippen LogP contribution in [0.2, 0.25) is 0 Å². The van der Waals surface area contributed by atoms with Crippen molar-refractivity contribution in [1.82, 2.24) is 14.8 Å². The first-order valence-corrected chi connectivity index (χ1v) is 10.4. The van der Waals surface area contributed by atoms with E-state index in [-0.39, 0.29) is 17.7 Å². The maximum absolute atomic E-state index is 12.8. The van der Waals surface area contributed by atoms with Gasteiger partial charge >= 0.3 is 0 Å². The Kier molecular flexibility index (Phi) is 8.89. The van der Waals surface area contributed by atoms with E-state index in [1.54, 1.807) is 13.1 Å². The zero-order valence-corrected chi connectivity index (χ0v) is 18.6. The number of thiazole rings is 1. The number of benzene rings is 1. The molecule has 0 radical (unpaired) electrons. The fourth-order valence-electron chi connectivity index (χ4n) is 2.58. The van der Waals surface area contributed by atoms with Crippen LogP contribution in [0.1, 0.15) is 6.92 Å². The third-order valence-corrected chi connectivity index (χ3v) is 5.27. The van der Waals surface area contributed by atoms with Crippen LogP contribution in [0.25, 0.3) is 11.8 Å². The van der Waals surface area contributed by atoms with Gasteiger partial charge in [0.25, 0.3) is 11.5 Å². The molecular weight excluding hydrogens is 414 g/mol. The number of terminal acetylenes is 1. The second-order valence-electron chi connectivity index (χ2n) is 6.66. The molecule has 31 heavy (non-hydrogen) atoms. The average Bonchev–Trinajstić information content (AvgIpc) is 3.06. The van der Waals surface area contributed by atoms with Gasteiger partial charge in [-0.3, -0.25) is 14.2 Å². The molecule has 2 aromatic rings. The summed E-state index contributed by atoms with van der Waals surface area (Å²) in [6.45, 7) is 3.45. The van der Waals surface area contributed by atoms with Gasteiger partial charge in [-0.2, -0.15) is 5.26 Å². The van der Waals surface area contributed by atoms with Crippen molar-refractivity contribution in [3.05, 3.63) is 43.8 Å². The van der Waals surface area contributed by atoms with Crippen molar-refractivity contribution in [2.75, 3.05) is 39.1 Å². The quantitative estimate of drug-likeness (QED) is 0.540. The smallest absolute Gasteiger partial charge is 0.270 e. The molecule has 8 nitrogen and oxygen atoms in total. The molecule has 1 amide bonds. The summed E-state index contributed by atoms with van der Waals surface area (Å²) in [7, 11) is 3.95. The lowest BCUT2D eigenvalue weighted by Crippen LogP contribution is -2.34. The predicted octanol–water partition coefficient (Wildman–Crippen LogP) is 0.144. The number of hydrogen-bond acceptors (Lipinski definition) is 7. The molecule has 9 heteroatoms. The van der Waals surface area contributed by atoms with E-state index in [1.807, 2.05) is 49.3 Å². The van der Waals surface area contributed by atoms with Gasteiger partial charge in [0, 0.05) is 31.0 Å². The van der Waals surface area contributed by atoms with Crippen molar-refractivity contribution in [2.45, 2.75) is 13.5 Å². The average molecular weight is 440 g/mol. The Hall–Kier alpha value is -3.53. The number of hydrogen-bond donors (Lipinski definition) is 2. The summed E-state index contributed by atoms with van der Waals surface area (Å²) in [5.74, 6) is 2.39. The first-order chi connectivity index (χ1) is 14.9. The number of carbonyl (C=O) groups excluding carboxylic acids is 1. The minimum atomic E-state index is -0.606. The van der Waals surface area contributed by atoms with Crippen LogP contribution >= 0.6 is 11.3 Å². The van der Waals surface area contributed by atoms with Gasteiger partial charge in [-0.15, -0.1) is 17.8 Å². The van der Waals surface area contributed by atoms with E-state index in [4.69, 9.17) is 11.2 Å². The largest absolute Gasteiger partial charge is 0.492 e. The maximum Gasteiger partial charge on any atom is 0.270 e. The molecule has 0 atom stereocenters. The van der Waals surface area contributed by atoms with E-state index in [0.29, 0.717) is 28.1 Å². The number of anilines is 1. The molecule has 0 aliphatic heterocycles. The standard InChI is InChI=1S/C22H25N5O3S/c1-5-10-24-20(28)18(14-23)22-27(6-2)21(29)19(31-22)15-25-16-8-7-9-17(13-16)30-12-11-26(3)4/h1,7-9,13,15,25H,6,10-12H2,2-4H3,(H,24,28). The summed E-state index contributed by atoms with van der Waals surface area (Å²) in [5, 5.41) is 15.0. The number of nitriles is 1. The van der Waals surface area contributed by atoms with Crippen LogP contribution in [0.5, 0.6) is 5.75 Å². The normalized spacial score (nSPS) is 12.1. The number of aromatic nitrogens is 1. The highest BCUT2D eigenvalue weighted by Gasteiger charge is 2.14. The lowest BCUT2D eigenvalue weighted by molar-refractivity contribution is -0.115. The lowest BCUT2D eigenvalue weighted by Gasteiger charge is -2.11. The molecule has 2 N–H and O–H groups in total. The Labute approximate surface area is 185 Å². The van der Waals surface area contributed by atoms with Crippen LogP contribution in [0, 0.1) is 23.7 Å². The molecule has 162 valence electrons. The minimum absolute atomic E-state index is 0.000756. The first kappa shape index (κ1) is 23.7. The van der Waals surface area contributed by atoms with E-state index >= 15 is 0 Å². The van der Waals surface area contributed by atoms with Gasteiger partial charge in [-0.1, -0.05) is 12.0 Å². The first-order valence-electron chi connectivity index (χ1n) is 9.61. The second-order valence-corrected chi connectivity index (χ2v) is 7.69. The van der Waals surface area contributed by atoms with Gasteiger partial charge in [-0.05, 0) is 33.2 Å². The van der Waals surface area contributed by atoms with Crippen molar-refractivity contribution in [3.63, 3.8) is 0 Å². The zero-order valence-electron chi connectivity index (χ0n) is 17.8. The van der Waals surface area contributed by atoms with Crippen LogP contribution in [0.3, 0.4) is 0 Å². The summed E-state index contributed by atoms with van der Waals surface area (Å²) >= 11 is 1.07. The van der Waals surface area contributed by atoms with E-state index in [0.717, 1.165) is 23.6 Å². The Morgan fingerprint density at radius 2 is 2.19 bits per heavy atom. The van der Waals surface area contributed by atoms with Gasteiger partial charge in [0.1, 0.15) is 27.6 Å². The van der Waals surface area contributed by atoms with Gasteiger partial charge in [0.15, 0.2) is 5.57 Å². The maximum atomic E-state index is 12.8. The van der Waals surface area contributed by atoms with Gasteiger partial charge in [0.2, 0.25) is 0 Å². The molecule has 0 bridgehead atoms. The summed E-state index contributed by atoms with van der Waals surface area (Å²) in [6, 6.07) is 9.27. The van der Waals surface area contributed by atoms with Gasteiger partial charge in [0.05, 0.1) is 6.54 Å². The molecule has 1 heterocycles. The molecule has 0 fully saturated rings. The van der Waals surface area contributed by atoms with Crippen molar-refractivity contribution in [2.24, 2.45) is 0 Å². The Balaban J connectivity index is 2.35. The second kappa shape index (κ2) is 11.6. The van der Waals surface area contributed by atoms with E-state index < -0.39 is 5.91 Å². The number of rotatable bonds is 9. The molecule has 0 unspecified atom stereocenters.